The first-order valence-corrected chi connectivity index (χ1v) is 7.16. The van der Waals surface area contributed by atoms with Crippen LogP contribution in [0.15, 0.2) is 18.3 Å². The van der Waals surface area contributed by atoms with E-state index in [1.54, 1.807) is 6.20 Å². The summed E-state index contributed by atoms with van der Waals surface area (Å²) >= 11 is 0. The lowest BCUT2D eigenvalue weighted by Gasteiger charge is -2.34. The van der Waals surface area contributed by atoms with E-state index >= 15 is 0 Å². The molecule has 0 radical (unpaired) electrons. The SMILES string of the molecule is O=C(C1CCCN(c2cccnn2)C1)N1CCCC1. The summed E-state index contributed by atoms with van der Waals surface area (Å²) in [6.07, 6.45) is 6.06. The van der Waals surface area contributed by atoms with Gasteiger partial charge in [-0.15, -0.1) is 5.10 Å². The second-order valence-corrected chi connectivity index (χ2v) is 5.40. The van der Waals surface area contributed by atoms with Crippen molar-refractivity contribution < 1.29 is 4.79 Å². The van der Waals surface area contributed by atoms with E-state index in [4.69, 9.17) is 0 Å². The number of likely N-dealkylation sites (tertiary alicyclic amines) is 1. The number of anilines is 1. The Balaban J connectivity index is 1.66. The van der Waals surface area contributed by atoms with Crippen LogP contribution in [0.3, 0.4) is 0 Å². The van der Waals surface area contributed by atoms with Crippen molar-refractivity contribution in [1.29, 1.82) is 0 Å². The van der Waals surface area contributed by atoms with E-state index < -0.39 is 0 Å². The van der Waals surface area contributed by atoms with Crippen molar-refractivity contribution in [2.75, 3.05) is 31.1 Å². The van der Waals surface area contributed by atoms with Crippen LogP contribution in [-0.2, 0) is 4.79 Å². The molecule has 3 rings (SSSR count). The Bertz CT molecular complexity index is 430. The van der Waals surface area contributed by atoms with Gasteiger partial charge in [-0.05, 0) is 37.8 Å². The Morgan fingerprint density at radius 1 is 1.21 bits per heavy atom. The fourth-order valence-electron chi connectivity index (χ4n) is 3.04. The summed E-state index contributed by atoms with van der Waals surface area (Å²) in [6.45, 7) is 3.65. The van der Waals surface area contributed by atoms with Gasteiger partial charge in [0.15, 0.2) is 5.82 Å². The highest BCUT2D eigenvalue weighted by atomic mass is 16.2. The first-order chi connectivity index (χ1) is 9.34. The molecular formula is C14H20N4O. The van der Waals surface area contributed by atoms with E-state index in [1.807, 2.05) is 17.0 Å². The first kappa shape index (κ1) is 12.4. The molecule has 0 bridgehead atoms. The van der Waals surface area contributed by atoms with Crippen LogP contribution in [0.2, 0.25) is 0 Å². The highest BCUT2D eigenvalue weighted by Crippen LogP contribution is 2.23. The lowest BCUT2D eigenvalue weighted by Crippen LogP contribution is -2.44. The molecule has 0 aromatic carbocycles. The van der Waals surface area contributed by atoms with Crippen molar-refractivity contribution >= 4 is 11.7 Å². The van der Waals surface area contributed by atoms with Gasteiger partial charge in [-0.3, -0.25) is 4.79 Å². The van der Waals surface area contributed by atoms with Gasteiger partial charge >= 0.3 is 0 Å². The molecule has 2 aliphatic rings. The lowest BCUT2D eigenvalue weighted by atomic mass is 9.96. The van der Waals surface area contributed by atoms with Gasteiger partial charge in [0, 0.05) is 32.4 Å². The topological polar surface area (TPSA) is 49.3 Å². The highest BCUT2D eigenvalue weighted by Gasteiger charge is 2.30. The molecule has 1 amide bonds. The van der Waals surface area contributed by atoms with Crippen molar-refractivity contribution in [2.24, 2.45) is 5.92 Å². The van der Waals surface area contributed by atoms with Crippen molar-refractivity contribution in [1.82, 2.24) is 15.1 Å². The third-order valence-corrected chi connectivity index (χ3v) is 4.07. The summed E-state index contributed by atoms with van der Waals surface area (Å²) in [5.41, 5.74) is 0. The van der Waals surface area contributed by atoms with Crippen LogP contribution in [0.25, 0.3) is 0 Å². The fourth-order valence-corrected chi connectivity index (χ4v) is 3.04. The molecule has 1 aromatic rings. The fraction of sp³-hybridized carbons (Fsp3) is 0.643. The predicted octanol–water partition coefficient (Wildman–Crippen LogP) is 1.32. The van der Waals surface area contributed by atoms with E-state index in [-0.39, 0.29) is 5.92 Å². The Labute approximate surface area is 113 Å². The molecule has 0 saturated carbocycles. The predicted molar refractivity (Wildman–Crippen MR) is 72.8 cm³/mol. The number of amides is 1. The van der Waals surface area contributed by atoms with Gasteiger partial charge in [-0.2, -0.15) is 5.10 Å². The third kappa shape index (κ3) is 2.69. The van der Waals surface area contributed by atoms with E-state index in [2.05, 4.69) is 15.1 Å². The smallest absolute Gasteiger partial charge is 0.227 e. The Kier molecular flexibility index (Phi) is 3.62. The molecule has 5 heteroatoms. The van der Waals surface area contributed by atoms with Crippen molar-refractivity contribution in [3.8, 4) is 0 Å². The molecule has 2 saturated heterocycles. The summed E-state index contributed by atoms with van der Waals surface area (Å²) in [5, 5.41) is 8.06. The number of hydrogen-bond donors (Lipinski definition) is 0. The lowest BCUT2D eigenvalue weighted by molar-refractivity contribution is -0.134. The summed E-state index contributed by atoms with van der Waals surface area (Å²) in [4.78, 5) is 16.7. The highest BCUT2D eigenvalue weighted by molar-refractivity contribution is 5.80. The quantitative estimate of drug-likeness (QED) is 0.804. The minimum absolute atomic E-state index is 0.133. The van der Waals surface area contributed by atoms with Crippen molar-refractivity contribution in [2.45, 2.75) is 25.7 Å². The third-order valence-electron chi connectivity index (χ3n) is 4.07. The normalized spacial score (nSPS) is 23.7. The Morgan fingerprint density at radius 2 is 2.05 bits per heavy atom. The first-order valence-electron chi connectivity index (χ1n) is 7.16. The van der Waals surface area contributed by atoms with Gasteiger partial charge in [0.1, 0.15) is 0 Å². The maximum absolute atomic E-state index is 12.4. The van der Waals surface area contributed by atoms with Gasteiger partial charge in [-0.1, -0.05) is 0 Å². The second kappa shape index (κ2) is 5.55. The number of carbonyl (C=O) groups is 1. The molecule has 2 aliphatic heterocycles. The maximum atomic E-state index is 12.4. The number of piperidine rings is 1. The molecule has 5 nitrogen and oxygen atoms in total. The molecule has 3 heterocycles. The van der Waals surface area contributed by atoms with E-state index in [1.165, 1.54) is 0 Å². The zero-order valence-electron chi connectivity index (χ0n) is 11.2. The number of carbonyl (C=O) groups excluding carboxylic acids is 1. The zero-order chi connectivity index (χ0) is 13.1. The Morgan fingerprint density at radius 3 is 2.79 bits per heavy atom. The Hall–Kier alpha value is -1.65. The van der Waals surface area contributed by atoms with Crippen molar-refractivity contribution in [3.63, 3.8) is 0 Å². The summed E-state index contributed by atoms with van der Waals surface area (Å²) in [5.74, 6) is 1.36. The monoisotopic (exact) mass is 260 g/mol. The maximum Gasteiger partial charge on any atom is 0.227 e. The minimum atomic E-state index is 0.133. The molecule has 102 valence electrons. The average molecular weight is 260 g/mol. The van der Waals surface area contributed by atoms with E-state index in [9.17, 15) is 4.79 Å². The van der Waals surface area contributed by atoms with Crippen LogP contribution in [0.5, 0.6) is 0 Å². The summed E-state index contributed by atoms with van der Waals surface area (Å²) < 4.78 is 0. The van der Waals surface area contributed by atoms with E-state index in [0.29, 0.717) is 5.91 Å². The average Bonchev–Trinajstić information content (AvgIpc) is 3.02. The number of nitrogens with zero attached hydrogens (tertiary/aromatic N) is 4. The van der Waals surface area contributed by atoms with Gasteiger partial charge < -0.3 is 9.80 Å². The summed E-state index contributed by atoms with van der Waals surface area (Å²) in [6, 6.07) is 3.87. The van der Waals surface area contributed by atoms with Crippen LogP contribution in [-0.4, -0.2) is 47.2 Å². The standard InChI is InChI=1S/C14H20N4O/c19-14(17-8-1-2-9-17)12-5-4-10-18(11-12)13-6-3-7-15-16-13/h3,6-7,12H,1-2,4-5,8-11H2. The van der Waals surface area contributed by atoms with Gasteiger partial charge in [-0.25, -0.2) is 0 Å². The molecule has 0 spiro atoms. The molecule has 1 unspecified atom stereocenters. The largest absolute Gasteiger partial charge is 0.354 e. The van der Waals surface area contributed by atoms with Gasteiger partial charge in [0.2, 0.25) is 5.91 Å². The van der Waals surface area contributed by atoms with Gasteiger partial charge in [0.25, 0.3) is 0 Å². The second-order valence-electron chi connectivity index (χ2n) is 5.40. The minimum Gasteiger partial charge on any atom is -0.354 e. The molecular weight excluding hydrogens is 240 g/mol. The number of aromatic nitrogens is 2. The van der Waals surface area contributed by atoms with Crippen LogP contribution in [0, 0.1) is 5.92 Å². The molecule has 2 fully saturated rings. The molecule has 19 heavy (non-hydrogen) atoms. The molecule has 0 aliphatic carbocycles. The summed E-state index contributed by atoms with van der Waals surface area (Å²) in [7, 11) is 0. The number of rotatable bonds is 2. The molecule has 1 atom stereocenters. The van der Waals surface area contributed by atoms with E-state index in [0.717, 1.165) is 57.7 Å². The molecule has 0 N–H and O–H groups in total. The van der Waals surface area contributed by atoms with Crippen LogP contribution >= 0.6 is 0 Å². The van der Waals surface area contributed by atoms with Crippen molar-refractivity contribution in [3.05, 3.63) is 18.3 Å². The molecule has 1 aromatic heterocycles. The zero-order valence-corrected chi connectivity index (χ0v) is 11.2. The number of hydrogen-bond acceptors (Lipinski definition) is 4. The van der Waals surface area contributed by atoms with Gasteiger partial charge in [0.05, 0.1) is 5.92 Å². The van der Waals surface area contributed by atoms with Crippen LogP contribution < -0.4 is 4.90 Å². The van der Waals surface area contributed by atoms with Crippen LogP contribution in [0.4, 0.5) is 5.82 Å². The van der Waals surface area contributed by atoms with Crippen LogP contribution in [0.1, 0.15) is 25.7 Å².